The van der Waals surface area contributed by atoms with E-state index in [1.54, 1.807) is 18.2 Å². The summed E-state index contributed by atoms with van der Waals surface area (Å²) in [6.07, 6.45) is 5.23. The van der Waals surface area contributed by atoms with Crippen LogP contribution in [0.15, 0.2) is 77.4 Å². The standard InChI is InChI=1S/C21H24N2O6S/c1-5-14-22(30(27,28)17-12-10-15(2)11-13-17)20(16(3)21(24)29-4)18-8-6-7-9-19(18)23(25)26/h5,8-13,20H,1,3,6-7,14H2,2,4H3. The van der Waals surface area contributed by atoms with Gasteiger partial charge in [0.05, 0.1) is 28.5 Å². The molecule has 0 heterocycles. The number of carbonyl (C=O) groups excluding carboxylic acids is 1. The minimum Gasteiger partial charge on any atom is -0.466 e. The number of hydrogen-bond donors (Lipinski definition) is 0. The van der Waals surface area contributed by atoms with Gasteiger partial charge in [0.2, 0.25) is 10.0 Å². The number of hydrogen-bond acceptors (Lipinski definition) is 6. The van der Waals surface area contributed by atoms with Crippen molar-refractivity contribution in [3.8, 4) is 0 Å². The molecule has 0 radical (unpaired) electrons. The van der Waals surface area contributed by atoms with Crippen LogP contribution in [0.4, 0.5) is 0 Å². The lowest BCUT2D eigenvalue weighted by Gasteiger charge is -2.32. The summed E-state index contributed by atoms with van der Waals surface area (Å²) in [7, 11) is -3.03. The Labute approximate surface area is 176 Å². The van der Waals surface area contributed by atoms with Gasteiger partial charge in [-0.1, -0.05) is 36.4 Å². The molecule has 2 rings (SSSR count). The first kappa shape index (κ1) is 23.2. The third-order valence-electron chi connectivity index (χ3n) is 4.66. The summed E-state index contributed by atoms with van der Waals surface area (Å²) in [5.74, 6) is -0.859. The molecule has 0 spiro atoms. The van der Waals surface area contributed by atoms with Crippen molar-refractivity contribution in [1.29, 1.82) is 0 Å². The van der Waals surface area contributed by atoms with Crippen LogP contribution in [0.3, 0.4) is 0 Å². The molecule has 1 unspecified atom stereocenters. The van der Waals surface area contributed by atoms with Gasteiger partial charge < -0.3 is 4.74 Å². The van der Waals surface area contributed by atoms with Crippen molar-refractivity contribution in [2.75, 3.05) is 13.7 Å². The van der Waals surface area contributed by atoms with Crippen LogP contribution in [0.25, 0.3) is 0 Å². The topological polar surface area (TPSA) is 107 Å². The average Bonchev–Trinajstić information content (AvgIpc) is 2.73. The van der Waals surface area contributed by atoms with Gasteiger partial charge in [-0.25, -0.2) is 13.2 Å². The highest BCUT2D eigenvalue weighted by Gasteiger charge is 2.41. The quantitative estimate of drug-likeness (QED) is 0.195. The highest BCUT2D eigenvalue weighted by Crippen LogP contribution is 2.33. The maximum Gasteiger partial charge on any atom is 0.335 e. The van der Waals surface area contributed by atoms with Gasteiger partial charge in [-0.05, 0) is 38.0 Å². The largest absolute Gasteiger partial charge is 0.466 e. The molecule has 0 aromatic heterocycles. The highest BCUT2D eigenvalue weighted by atomic mass is 32.2. The molecule has 0 bridgehead atoms. The van der Waals surface area contributed by atoms with Gasteiger partial charge in [-0.3, -0.25) is 10.1 Å². The Kier molecular flexibility index (Phi) is 7.47. The minimum absolute atomic E-state index is 0.0133. The van der Waals surface area contributed by atoms with Crippen LogP contribution in [-0.4, -0.2) is 43.3 Å². The molecule has 1 aliphatic carbocycles. The van der Waals surface area contributed by atoms with Gasteiger partial charge in [0, 0.05) is 12.1 Å². The van der Waals surface area contributed by atoms with Gasteiger partial charge in [-0.2, -0.15) is 4.31 Å². The second-order valence-electron chi connectivity index (χ2n) is 6.68. The number of carbonyl (C=O) groups is 1. The van der Waals surface area contributed by atoms with Crippen LogP contribution >= 0.6 is 0 Å². The molecule has 1 atom stereocenters. The number of ether oxygens (including phenoxy) is 1. The number of nitrogens with zero attached hydrogens (tertiary/aromatic N) is 2. The van der Waals surface area contributed by atoms with E-state index in [2.05, 4.69) is 13.2 Å². The van der Waals surface area contributed by atoms with Crippen LogP contribution in [0.1, 0.15) is 18.4 Å². The predicted molar refractivity (Wildman–Crippen MR) is 113 cm³/mol. The Hall–Kier alpha value is -3.04. The Balaban J connectivity index is 2.70. The molecule has 30 heavy (non-hydrogen) atoms. The van der Waals surface area contributed by atoms with Gasteiger partial charge in [0.25, 0.3) is 5.70 Å². The molecule has 0 fully saturated rings. The summed E-state index contributed by atoms with van der Waals surface area (Å²) >= 11 is 0. The molecule has 1 aromatic carbocycles. The van der Waals surface area contributed by atoms with E-state index in [-0.39, 0.29) is 28.3 Å². The second-order valence-corrected chi connectivity index (χ2v) is 8.57. The van der Waals surface area contributed by atoms with E-state index in [1.807, 2.05) is 6.92 Å². The number of sulfonamides is 1. The summed E-state index contributed by atoms with van der Waals surface area (Å²) in [4.78, 5) is 23.3. The van der Waals surface area contributed by atoms with E-state index in [0.29, 0.717) is 12.8 Å². The zero-order valence-corrected chi connectivity index (χ0v) is 17.7. The fraction of sp³-hybridized carbons (Fsp3) is 0.286. The Morgan fingerprint density at radius 3 is 2.43 bits per heavy atom. The van der Waals surface area contributed by atoms with E-state index in [1.165, 1.54) is 24.3 Å². The average molecular weight is 432 g/mol. The number of nitro groups is 1. The van der Waals surface area contributed by atoms with Crippen molar-refractivity contribution in [2.45, 2.75) is 30.7 Å². The number of methoxy groups -OCH3 is 1. The van der Waals surface area contributed by atoms with E-state index >= 15 is 0 Å². The molecular weight excluding hydrogens is 408 g/mol. The zero-order chi connectivity index (χ0) is 22.5. The van der Waals surface area contributed by atoms with Crippen molar-refractivity contribution in [3.05, 3.63) is 88.2 Å². The smallest absolute Gasteiger partial charge is 0.335 e. The normalized spacial score (nSPS) is 15.0. The van der Waals surface area contributed by atoms with E-state index < -0.39 is 27.0 Å². The highest BCUT2D eigenvalue weighted by molar-refractivity contribution is 7.89. The summed E-state index contributed by atoms with van der Waals surface area (Å²) in [5.41, 5.74) is 0.466. The second kappa shape index (κ2) is 9.64. The number of esters is 1. The van der Waals surface area contributed by atoms with Crippen LogP contribution in [0, 0.1) is 17.0 Å². The van der Waals surface area contributed by atoms with Crippen LogP contribution in [0.2, 0.25) is 0 Å². The Bertz CT molecular complexity index is 1020. The first-order valence-corrected chi connectivity index (χ1v) is 10.6. The van der Waals surface area contributed by atoms with Crippen molar-refractivity contribution in [3.63, 3.8) is 0 Å². The van der Waals surface area contributed by atoms with Crippen LogP contribution < -0.4 is 0 Å². The first-order valence-electron chi connectivity index (χ1n) is 9.16. The van der Waals surface area contributed by atoms with Crippen molar-refractivity contribution in [2.24, 2.45) is 0 Å². The van der Waals surface area contributed by atoms with E-state index in [0.717, 1.165) is 17.0 Å². The number of rotatable bonds is 9. The number of benzene rings is 1. The zero-order valence-electron chi connectivity index (χ0n) is 16.9. The summed E-state index contributed by atoms with van der Waals surface area (Å²) in [5, 5.41) is 11.6. The molecule has 0 saturated carbocycles. The Morgan fingerprint density at radius 1 is 1.30 bits per heavy atom. The molecule has 160 valence electrons. The van der Waals surface area contributed by atoms with Crippen molar-refractivity contribution in [1.82, 2.24) is 4.31 Å². The third kappa shape index (κ3) is 4.74. The molecule has 1 aromatic rings. The number of allylic oxidation sites excluding steroid dienone is 2. The fourth-order valence-corrected chi connectivity index (χ4v) is 4.76. The lowest BCUT2D eigenvalue weighted by Crippen LogP contribution is -2.45. The lowest BCUT2D eigenvalue weighted by molar-refractivity contribution is -0.421. The maximum atomic E-state index is 13.5. The van der Waals surface area contributed by atoms with E-state index in [9.17, 15) is 23.3 Å². The molecule has 0 saturated heterocycles. The van der Waals surface area contributed by atoms with Gasteiger partial charge >= 0.3 is 5.97 Å². The van der Waals surface area contributed by atoms with E-state index in [4.69, 9.17) is 4.74 Å². The summed E-state index contributed by atoms with van der Waals surface area (Å²) in [6, 6.07) is 4.85. The summed E-state index contributed by atoms with van der Waals surface area (Å²) < 4.78 is 32.7. The SMILES string of the molecule is C=CCN(C(C(=C)C(=O)OC)C1=CCCC=C1[N+](=O)[O-])S(=O)(=O)c1ccc(C)cc1. The van der Waals surface area contributed by atoms with Crippen molar-refractivity contribution >= 4 is 16.0 Å². The first-order chi connectivity index (χ1) is 14.1. The van der Waals surface area contributed by atoms with Crippen molar-refractivity contribution < 1.29 is 22.9 Å². The summed E-state index contributed by atoms with van der Waals surface area (Å²) in [6.45, 7) is 8.95. The molecule has 8 nitrogen and oxygen atoms in total. The third-order valence-corrected chi connectivity index (χ3v) is 6.50. The van der Waals surface area contributed by atoms with Gasteiger partial charge in [0.1, 0.15) is 0 Å². The van der Waals surface area contributed by atoms with Crippen LogP contribution in [0.5, 0.6) is 0 Å². The van der Waals surface area contributed by atoms with Gasteiger partial charge in [0.15, 0.2) is 0 Å². The Morgan fingerprint density at radius 2 is 1.90 bits per heavy atom. The van der Waals surface area contributed by atoms with Crippen LogP contribution in [-0.2, 0) is 19.6 Å². The van der Waals surface area contributed by atoms with Gasteiger partial charge in [-0.15, -0.1) is 6.58 Å². The predicted octanol–water partition coefficient (Wildman–Crippen LogP) is 3.15. The maximum absolute atomic E-state index is 13.5. The molecule has 0 amide bonds. The number of aryl methyl sites for hydroxylation is 1. The minimum atomic E-state index is -4.16. The monoisotopic (exact) mass is 432 g/mol. The molecule has 9 heteroatoms. The fourth-order valence-electron chi connectivity index (χ4n) is 3.19. The molecular formula is C21H24N2O6S. The molecule has 0 N–H and O–H groups in total. The molecule has 1 aliphatic rings. The molecule has 0 aliphatic heterocycles. The lowest BCUT2D eigenvalue weighted by atomic mass is 9.92.